The van der Waals surface area contributed by atoms with Crippen LogP contribution in [0.2, 0.25) is 0 Å². The van der Waals surface area contributed by atoms with Crippen molar-refractivity contribution in [1.82, 2.24) is 24.3 Å². The van der Waals surface area contributed by atoms with Crippen molar-refractivity contribution >= 4 is 65.7 Å². The van der Waals surface area contributed by atoms with Crippen LogP contribution in [0.3, 0.4) is 0 Å². The molecule has 8 aromatic rings. The maximum Gasteiger partial charge on any atom is 0.146 e. The Morgan fingerprint density at radius 3 is 2.25 bits per heavy atom. The zero-order chi connectivity index (χ0) is 26.2. The molecule has 5 heterocycles. The number of dihydropyridines is 1. The fraction of sp³-hybridized carbons (Fsp3) is 0.0286. The molecular formula is C35H23N5. The number of aromatic nitrogens is 4. The van der Waals surface area contributed by atoms with Crippen molar-refractivity contribution in [2.45, 2.75) is 0 Å². The largest absolute Gasteiger partial charge is 0.387 e. The summed E-state index contributed by atoms with van der Waals surface area (Å²) < 4.78 is 4.63. The summed E-state index contributed by atoms with van der Waals surface area (Å²) in [7, 11) is 0. The molecule has 5 nitrogen and oxygen atoms in total. The third kappa shape index (κ3) is 2.91. The maximum absolute atomic E-state index is 5.17. The zero-order valence-electron chi connectivity index (χ0n) is 21.5. The SMILES string of the molecule is C1=CNCC(c2cccc(-n3c4ccccc4c4cc5c6ccccc6c6nc7ccccc7n6c5cc43)n2)=C1. The van der Waals surface area contributed by atoms with Crippen LogP contribution in [-0.2, 0) is 0 Å². The van der Waals surface area contributed by atoms with Gasteiger partial charge in [-0.05, 0) is 65.7 Å². The van der Waals surface area contributed by atoms with E-state index in [-0.39, 0.29) is 0 Å². The quantitative estimate of drug-likeness (QED) is 0.240. The van der Waals surface area contributed by atoms with Crippen molar-refractivity contribution in [2.24, 2.45) is 0 Å². The van der Waals surface area contributed by atoms with Crippen LogP contribution in [0.4, 0.5) is 0 Å². The predicted molar refractivity (Wildman–Crippen MR) is 165 cm³/mol. The summed E-state index contributed by atoms with van der Waals surface area (Å²) in [6, 6.07) is 36.7. The molecule has 0 spiro atoms. The molecule has 0 amide bonds. The average Bonchev–Trinajstić information content (AvgIpc) is 3.57. The van der Waals surface area contributed by atoms with E-state index in [0.29, 0.717) is 0 Å². The minimum absolute atomic E-state index is 0.767. The number of allylic oxidation sites excluding steroid dienone is 2. The minimum Gasteiger partial charge on any atom is -0.387 e. The Bertz CT molecular complexity index is 2390. The van der Waals surface area contributed by atoms with Crippen molar-refractivity contribution in [3.05, 3.63) is 127 Å². The van der Waals surface area contributed by atoms with Crippen molar-refractivity contribution in [1.29, 1.82) is 0 Å². The number of para-hydroxylation sites is 3. The lowest BCUT2D eigenvalue weighted by Crippen LogP contribution is -2.13. The molecule has 1 aliphatic rings. The average molecular weight is 514 g/mol. The highest BCUT2D eigenvalue weighted by molar-refractivity contribution is 6.20. The topological polar surface area (TPSA) is 47.2 Å². The monoisotopic (exact) mass is 513 g/mol. The standard InChI is InChI=1S/C35H23N5/c1-2-12-25-23(10-1)26-19-27-24-11-3-5-15-30(24)39(34-17-7-14-28(37-34)22-9-8-18-36-21-22)32(27)20-33(26)40-31-16-6-4-13-29(31)38-35(25)40/h1-20,36H,21H2. The Kier molecular flexibility index (Phi) is 4.32. The van der Waals surface area contributed by atoms with Crippen molar-refractivity contribution in [3.63, 3.8) is 0 Å². The molecule has 40 heavy (non-hydrogen) atoms. The molecule has 5 heteroatoms. The first-order valence-electron chi connectivity index (χ1n) is 13.6. The van der Waals surface area contributed by atoms with Crippen LogP contribution in [0.5, 0.6) is 0 Å². The number of nitrogens with one attached hydrogen (secondary N) is 1. The van der Waals surface area contributed by atoms with Crippen LogP contribution in [0.1, 0.15) is 5.69 Å². The highest BCUT2D eigenvalue weighted by Crippen LogP contribution is 2.39. The van der Waals surface area contributed by atoms with Crippen molar-refractivity contribution in [3.8, 4) is 5.82 Å². The minimum atomic E-state index is 0.767. The first-order valence-corrected chi connectivity index (χ1v) is 13.6. The molecule has 1 N–H and O–H groups in total. The molecule has 0 saturated heterocycles. The summed E-state index contributed by atoms with van der Waals surface area (Å²) in [5, 5.41) is 9.32. The first kappa shape index (κ1) is 21.5. The van der Waals surface area contributed by atoms with Gasteiger partial charge in [-0.1, -0.05) is 66.7 Å². The lowest BCUT2D eigenvalue weighted by atomic mass is 10.0. The van der Waals surface area contributed by atoms with E-state index in [1.54, 1.807) is 0 Å². The predicted octanol–water partition coefficient (Wildman–Crippen LogP) is 7.79. The summed E-state index contributed by atoms with van der Waals surface area (Å²) in [5.41, 5.74) is 8.66. The van der Waals surface area contributed by atoms with Crippen molar-refractivity contribution < 1.29 is 0 Å². The van der Waals surface area contributed by atoms with Crippen molar-refractivity contribution in [2.75, 3.05) is 6.54 Å². The third-order valence-electron chi connectivity index (χ3n) is 8.15. The number of rotatable bonds is 2. The molecule has 0 aliphatic carbocycles. The number of hydrogen-bond acceptors (Lipinski definition) is 3. The van der Waals surface area contributed by atoms with Gasteiger partial charge < -0.3 is 5.32 Å². The van der Waals surface area contributed by atoms with Gasteiger partial charge in [-0.15, -0.1) is 0 Å². The lowest BCUT2D eigenvalue weighted by Gasteiger charge is -2.14. The van der Waals surface area contributed by atoms with Crippen LogP contribution in [0.25, 0.3) is 71.6 Å². The van der Waals surface area contributed by atoms with Crippen LogP contribution >= 0.6 is 0 Å². The molecule has 4 aromatic heterocycles. The van der Waals surface area contributed by atoms with Gasteiger partial charge in [0, 0.05) is 28.1 Å². The van der Waals surface area contributed by atoms with Crippen LogP contribution in [-0.4, -0.2) is 25.5 Å². The Balaban J connectivity index is 1.46. The molecule has 0 atom stereocenters. The number of imidazole rings is 1. The van der Waals surface area contributed by atoms with E-state index in [1.807, 2.05) is 12.3 Å². The second-order valence-electron chi connectivity index (χ2n) is 10.4. The Morgan fingerprint density at radius 2 is 1.38 bits per heavy atom. The first-order chi connectivity index (χ1) is 19.8. The Labute approximate surface area is 229 Å². The summed E-state index contributed by atoms with van der Waals surface area (Å²) >= 11 is 0. The van der Waals surface area contributed by atoms with Crippen LogP contribution in [0.15, 0.2) is 121 Å². The van der Waals surface area contributed by atoms with Gasteiger partial charge in [0.05, 0.1) is 33.3 Å². The molecule has 0 unspecified atom stereocenters. The number of hydrogen-bond donors (Lipinski definition) is 1. The second-order valence-corrected chi connectivity index (χ2v) is 10.4. The molecule has 0 saturated carbocycles. The Morgan fingerprint density at radius 1 is 0.600 bits per heavy atom. The van der Waals surface area contributed by atoms with E-state index in [9.17, 15) is 0 Å². The van der Waals surface area contributed by atoms with Gasteiger partial charge in [0.1, 0.15) is 11.5 Å². The summed E-state index contributed by atoms with van der Waals surface area (Å²) in [6.45, 7) is 0.767. The van der Waals surface area contributed by atoms with E-state index >= 15 is 0 Å². The smallest absolute Gasteiger partial charge is 0.146 e. The number of benzene rings is 4. The van der Waals surface area contributed by atoms with Gasteiger partial charge in [0.2, 0.25) is 0 Å². The summed E-state index contributed by atoms with van der Waals surface area (Å²) in [5.74, 6) is 0.908. The van der Waals surface area contributed by atoms with E-state index in [1.165, 1.54) is 27.1 Å². The van der Waals surface area contributed by atoms with E-state index in [4.69, 9.17) is 9.97 Å². The van der Waals surface area contributed by atoms with E-state index in [2.05, 4.69) is 123 Å². The lowest BCUT2D eigenvalue weighted by molar-refractivity contribution is 0.971. The van der Waals surface area contributed by atoms with Gasteiger partial charge in [0.15, 0.2) is 0 Å². The maximum atomic E-state index is 5.17. The number of fused-ring (bicyclic) bond motifs is 11. The highest BCUT2D eigenvalue weighted by atomic mass is 15.1. The molecular weight excluding hydrogens is 490 g/mol. The molecule has 0 radical (unpaired) electrons. The van der Waals surface area contributed by atoms with Crippen LogP contribution in [0, 0.1) is 0 Å². The van der Waals surface area contributed by atoms with Gasteiger partial charge in [-0.3, -0.25) is 8.97 Å². The van der Waals surface area contributed by atoms with Gasteiger partial charge in [-0.2, -0.15) is 0 Å². The normalized spacial score (nSPS) is 13.7. The van der Waals surface area contributed by atoms with Gasteiger partial charge >= 0.3 is 0 Å². The molecule has 188 valence electrons. The molecule has 9 rings (SSSR count). The second kappa shape index (κ2) is 8.04. The summed E-state index contributed by atoms with van der Waals surface area (Å²) in [6.07, 6.45) is 6.13. The van der Waals surface area contributed by atoms with E-state index in [0.717, 1.165) is 56.7 Å². The third-order valence-corrected chi connectivity index (χ3v) is 8.15. The highest BCUT2D eigenvalue weighted by Gasteiger charge is 2.19. The molecule has 4 aromatic carbocycles. The Hall–Kier alpha value is -5.42. The molecule has 0 bridgehead atoms. The number of nitrogens with zero attached hydrogens (tertiary/aromatic N) is 4. The fourth-order valence-corrected chi connectivity index (χ4v) is 6.38. The molecule has 1 aliphatic heterocycles. The van der Waals surface area contributed by atoms with Crippen LogP contribution < -0.4 is 5.32 Å². The van der Waals surface area contributed by atoms with Gasteiger partial charge in [-0.25, -0.2) is 9.97 Å². The molecule has 0 fully saturated rings. The summed E-state index contributed by atoms with van der Waals surface area (Å²) in [4.78, 5) is 10.3. The van der Waals surface area contributed by atoms with Gasteiger partial charge in [0.25, 0.3) is 0 Å². The fourth-order valence-electron chi connectivity index (χ4n) is 6.38. The van der Waals surface area contributed by atoms with E-state index < -0.39 is 0 Å². The zero-order valence-corrected chi connectivity index (χ0v) is 21.5. The number of pyridine rings is 2.